The number of carboxylic acids is 1. The van der Waals surface area contributed by atoms with Crippen molar-refractivity contribution in [3.63, 3.8) is 0 Å². The second kappa shape index (κ2) is 4.90. The standard InChI is InChI=1S/C13H11ClO2S/c1-8(12-3-2-6-17-12)11-7-9(14)4-5-10(11)13(15)16/h2-8H,1H3,(H,15,16). The minimum atomic E-state index is -0.917. The predicted octanol–water partition coefficient (Wildman–Crippen LogP) is 4.25. The molecule has 0 aliphatic rings. The van der Waals surface area contributed by atoms with Gasteiger partial charge in [-0.15, -0.1) is 11.3 Å². The Morgan fingerprint density at radius 3 is 2.76 bits per heavy atom. The third kappa shape index (κ3) is 2.51. The van der Waals surface area contributed by atoms with Crippen molar-refractivity contribution in [1.82, 2.24) is 0 Å². The van der Waals surface area contributed by atoms with E-state index in [1.165, 1.54) is 0 Å². The highest BCUT2D eigenvalue weighted by atomic mass is 35.5. The fourth-order valence-corrected chi connectivity index (χ4v) is 2.76. The van der Waals surface area contributed by atoms with Crippen LogP contribution in [0.25, 0.3) is 0 Å². The summed E-state index contributed by atoms with van der Waals surface area (Å²) in [6, 6.07) is 8.86. The Kier molecular flexibility index (Phi) is 3.50. The fraction of sp³-hybridized carbons (Fsp3) is 0.154. The van der Waals surface area contributed by atoms with Gasteiger partial charge in [0.2, 0.25) is 0 Å². The number of carbonyl (C=O) groups is 1. The van der Waals surface area contributed by atoms with Gasteiger partial charge in [0, 0.05) is 15.8 Å². The number of thiophene rings is 1. The van der Waals surface area contributed by atoms with E-state index < -0.39 is 5.97 Å². The van der Waals surface area contributed by atoms with Gasteiger partial charge in [0.1, 0.15) is 0 Å². The SMILES string of the molecule is CC(c1cccs1)c1cc(Cl)ccc1C(=O)O. The quantitative estimate of drug-likeness (QED) is 0.902. The fourth-order valence-electron chi connectivity index (χ4n) is 1.78. The molecule has 88 valence electrons. The summed E-state index contributed by atoms with van der Waals surface area (Å²) < 4.78 is 0. The first-order chi connectivity index (χ1) is 8.09. The molecular formula is C13H11ClO2S. The smallest absolute Gasteiger partial charge is 0.335 e. The molecule has 0 aliphatic carbocycles. The Hall–Kier alpha value is -1.32. The maximum atomic E-state index is 11.2. The maximum absolute atomic E-state index is 11.2. The van der Waals surface area contributed by atoms with Gasteiger partial charge in [-0.1, -0.05) is 24.6 Å². The van der Waals surface area contributed by atoms with Crippen LogP contribution in [0, 0.1) is 0 Å². The van der Waals surface area contributed by atoms with Crippen LogP contribution in [-0.2, 0) is 0 Å². The predicted molar refractivity (Wildman–Crippen MR) is 70.2 cm³/mol. The Balaban J connectivity index is 2.50. The van der Waals surface area contributed by atoms with Crippen molar-refractivity contribution in [2.75, 3.05) is 0 Å². The van der Waals surface area contributed by atoms with Crippen LogP contribution in [0.1, 0.15) is 33.6 Å². The Morgan fingerprint density at radius 2 is 2.18 bits per heavy atom. The minimum Gasteiger partial charge on any atom is -0.478 e. The highest BCUT2D eigenvalue weighted by Crippen LogP contribution is 2.31. The van der Waals surface area contributed by atoms with Crippen molar-refractivity contribution in [1.29, 1.82) is 0 Å². The number of hydrogen-bond donors (Lipinski definition) is 1. The summed E-state index contributed by atoms with van der Waals surface area (Å²) in [4.78, 5) is 12.3. The second-order valence-corrected chi connectivity index (χ2v) is 5.19. The van der Waals surface area contributed by atoms with Crippen LogP contribution in [-0.4, -0.2) is 11.1 Å². The zero-order valence-electron chi connectivity index (χ0n) is 9.18. The molecule has 0 amide bonds. The van der Waals surface area contributed by atoms with Gasteiger partial charge >= 0.3 is 5.97 Å². The van der Waals surface area contributed by atoms with E-state index in [0.29, 0.717) is 10.6 Å². The average Bonchev–Trinajstić information content (AvgIpc) is 2.80. The lowest BCUT2D eigenvalue weighted by Gasteiger charge is -2.13. The molecule has 17 heavy (non-hydrogen) atoms. The molecule has 1 aromatic heterocycles. The van der Waals surface area contributed by atoms with Crippen molar-refractivity contribution in [3.05, 3.63) is 56.7 Å². The molecule has 1 N–H and O–H groups in total. The molecule has 0 saturated carbocycles. The maximum Gasteiger partial charge on any atom is 0.335 e. The van der Waals surface area contributed by atoms with Crippen molar-refractivity contribution >= 4 is 28.9 Å². The first kappa shape index (κ1) is 12.1. The average molecular weight is 267 g/mol. The number of aromatic carboxylic acids is 1. The van der Waals surface area contributed by atoms with Gasteiger partial charge in [-0.3, -0.25) is 0 Å². The van der Waals surface area contributed by atoms with Crippen LogP contribution < -0.4 is 0 Å². The lowest BCUT2D eigenvalue weighted by molar-refractivity contribution is 0.0695. The molecule has 2 nitrogen and oxygen atoms in total. The van der Waals surface area contributed by atoms with Crippen LogP contribution in [0.3, 0.4) is 0 Å². The lowest BCUT2D eigenvalue weighted by Crippen LogP contribution is -2.05. The van der Waals surface area contributed by atoms with E-state index in [-0.39, 0.29) is 5.92 Å². The van der Waals surface area contributed by atoms with Crippen LogP contribution in [0.4, 0.5) is 0 Å². The Bertz CT molecular complexity index is 534. The van der Waals surface area contributed by atoms with E-state index >= 15 is 0 Å². The summed E-state index contributed by atoms with van der Waals surface area (Å²) >= 11 is 7.55. The Labute approximate surface area is 108 Å². The Morgan fingerprint density at radius 1 is 1.41 bits per heavy atom. The van der Waals surface area contributed by atoms with Gasteiger partial charge in [0.25, 0.3) is 0 Å². The third-order valence-corrected chi connectivity index (χ3v) is 3.97. The molecule has 2 rings (SSSR count). The summed E-state index contributed by atoms with van der Waals surface area (Å²) in [6.45, 7) is 1.99. The van der Waals surface area contributed by atoms with E-state index in [9.17, 15) is 4.79 Å². The molecule has 1 atom stereocenters. The normalized spacial score (nSPS) is 12.4. The van der Waals surface area contributed by atoms with Crippen molar-refractivity contribution < 1.29 is 9.90 Å². The van der Waals surface area contributed by atoms with Crippen molar-refractivity contribution in [2.24, 2.45) is 0 Å². The van der Waals surface area contributed by atoms with Gasteiger partial charge < -0.3 is 5.11 Å². The molecule has 0 saturated heterocycles. The number of hydrogen-bond acceptors (Lipinski definition) is 2. The van der Waals surface area contributed by atoms with E-state index in [4.69, 9.17) is 16.7 Å². The van der Waals surface area contributed by atoms with Gasteiger partial charge in [-0.25, -0.2) is 4.79 Å². The van der Waals surface area contributed by atoms with E-state index in [1.807, 2.05) is 24.4 Å². The third-order valence-electron chi connectivity index (χ3n) is 2.68. The number of rotatable bonds is 3. The lowest BCUT2D eigenvalue weighted by atomic mass is 9.94. The molecule has 0 radical (unpaired) electrons. The summed E-state index contributed by atoms with van der Waals surface area (Å²) in [5, 5.41) is 11.7. The first-order valence-electron chi connectivity index (χ1n) is 5.15. The topological polar surface area (TPSA) is 37.3 Å². The van der Waals surface area contributed by atoms with Gasteiger partial charge in [0.15, 0.2) is 0 Å². The number of benzene rings is 1. The molecule has 0 spiro atoms. The van der Waals surface area contributed by atoms with Crippen molar-refractivity contribution in [3.8, 4) is 0 Å². The van der Waals surface area contributed by atoms with Crippen LogP contribution in [0.15, 0.2) is 35.7 Å². The summed E-state index contributed by atoms with van der Waals surface area (Å²) in [7, 11) is 0. The molecular weight excluding hydrogens is 256 g/mol. The van der Waals surface area contributed by atoms with Gasteiger partial charge in [-0.05, 0) is 35.2 Å². The summed E-state index contributed by atoms with van der Waals surface area (Å²) in [5.74, 6) is -0.875. The molecule has 0 fully saturated rings. The molecule has 1 unspecified atom stereocenters. The summed E-state index contributed by atoms with van der Waals surface area (Å²) in [6.07, 6.45) is 0. The molecule has 0 bridgehead atoms. The monoisotopic (exact) mass is 266 g/mol. The minimum absolute atomic E-state index is 0.0415. The first-order valence-corrected chi connectivity index (χ1v) is 6.41. The number of carboxylic acid groups (broad SMARTS) is 1. The van der Waals surface area contributed by atoms with Crippen LogP contribution in [0.5, 0.6) is 0 Å². The van der Waals surface area contributed by atoms with E-state index in [1.54, 1.807) is 29.5 Å². The highest BCUT2D eigenvalue weighted by Gasteiger charge is 2.17. The van der Waals surface area contributed by atoms with Gasteiger partial charge in [-0.2, -0.15) is 0 Å². The highest BCUT2D eigenvalue weighted by molar-refractivity contribution is 7.10. The molecule has 2 aromatic rings. The van der Waals surface area contributed by atoms with E-state index in [2.05, 4.69) is 0 Å². The molecule has 4 heteroatoms. The second-order valence-electron chi connectivity index (χ2n) is 3.77. The van der Waals surface area contributed by atoms with Crippen molar-refractivity contribution in [2.45, 2.75) is 12.8 Å². The van der Waals surface area contributed by atoms with E-state index in [0.717, 1.165) is 10.4 Å². The molecule has 0 aliphatic heterocycles. The molecule has 1 heterocycles. The zero-order valence-corrected chi connectivity index (χ0v) is 10.8. The van der Waals surface area contributed by atoms with Crippen LogP contribution in [0.2, 0.25) is 5.02 Å². The largest absolute Gasteiger partial charge is 0.478 e. The molecule has 1 aromatic carbocycles. The van der Waals surface area contributed by atoms with Gasteiger partial charge in [0.05, 0.1) is 5.56 Å². The number of halogens is 1. The summed E-state index contributed by atoms with van der Waals surface area (Å²) in [5.41, 5.74) is 1.07. The van der Waals surface area contributed by atoms with Crippen LogP contribution >= 0.6 is 22.9 Å². The zero-order chi connectivity index (χ0) is 12.4.